The normalized spacial score (nSPS) is 30.6. The van der Waals surface area contributed by atoms with Crippen molar-refractivity contribution in [2.45, 2.75) is 57.3 Å². The molecule has 0 aliphatic carbocycles. The minimum atomic E-state index is -4.05. The van der Waals surface area contributed by atoms with Gasteiger partial charge in [0.15, 0.2) is 24.3 Å². The third-order valence-electron chi connectivity index (χ3n) is 3.63. The Kier molecular flexibility index (Phi) is 6.95. The van der Waals surface area contributed by atoms with Gasteiger partial charge in [0.2, 0.25) is 0 Å². The number of carbonyl (C=O) groups excluding carboxylic acids is 1. The van der Waals surface area contributed by atoms with E-state index in [2.05, 4.69) is 4.18 Å². The van der Waals surface area contributed by atoms with Crippen molar-refractivity contribution in [3.05, 3.63) is 0 Å². The third kappa shape index (κ3) is 6.50. The Morgan fingerprint density at radius 1 is 1.11 bits per heavy atom. The molecule has 2 rings (SSSR count). The minimum absolute atomic E-state index is 0.0362. The molecule has 0 aromatic heterocycles. The fourth-order valence-corrected chi connectivity index (χ4v) is 3.79. The lowest BCUT2D eigenvalue weighted by atomic mass is 10.1. The van der Waals surface area contributed by atoms with Crippen LogP contribution in [-0.2, 0) is 52.3 Å². The summed E-state index contributed by atoms with van der Waals surface area (Å²) in [4.78, 5) is 11.8. The molecule has 0 aromatic rings. The Morgan fingerprint density at radius 2 is 1.75 bits per heavy atom. The van der Waals surface area contributed by atoms with Gasteiger partial charge in [-0.15, -0.1) is 0 Å². The average molecular weight is 448 g/mol. The summed E-state index contributed by atoms with van der Waals surface area (Å²) in [7, 11) is -7.96. The number of ether oxygens (including phenoxy) is 5. The summed E-state index contributed by atoms with van der Waals surface area (Å²) in [6.07, 6.45) is -5.37. The van der Waals surface area contributed by atoms with Crippen LogP contribution in [-0.4, -0.2) is 85.2 Å². The number of rotatable bonds is 8. The van der Waals surface area contributed by atoms with Crippen LogP contribution in [0.5, 0.6) is 0 Å². The molecule has 0 aromatic carbocycles. The van der Waals surface area contributed by atoms with Crippen LogP contribution in [0.4, 0.5) is 4.79 Å². The summed E-state index contributed by atoms with van der Waals surface area (Å²) in [5.74, 6) is -1.05. The van der Waals surface area contributed by atoms with E-state index in [9.17, 15) is 21.6 Å². The molecule has 2 saturated heterocycles. The Bertz CT molecular complexity index is 774. The van der Waals surface area contributed by atoms with Crippen LogP contribution < -0.4 is 0 Å². The van der Waals surface area contributed by atoms with Gasteiger partial charge in [-0.1, -0.05) is 0 Å². The third-order valence-corrected chi connectivity index (χ3v) is 4.79. The van der Waals surface area contributed by atoms with Crippen molar-refractivity contribution in [1.82, 2.24) is 0 Å². The van der Waals surface area contributed by atoms with E-state index in [1.807, 2.05) is 0 Å². The molecule has 2 aliphatic heterocycles. The zero-order chi connectivity index (χ0) is 21.3. The minimum Gasteiger partial charge on any atom is -0.435 e. The van der Waals surface area contributed by atoms with E-state index in [0.29, 0.717) is 0 Å². The highest BCUT2D eigenvalue weighted by molar-refractivity contribution is 7.86. The van der Waals surface area contributed by atoms with Gasteiger partial charge in [0.25, 0.3) is 20.2 Å². The molecular formula is C14H24O12S2. The molecule has 164 valence electrons. The van der Waals surface area contributed by atoms with Crippen molar-refractivity contribution >= 4 is 26.4 Å². The molecule has 0 N–H and O–H groups in total. The smallest absolute Gasteiger partial charge is 0.435 e. The Hall–Kier alpha value is -1.03. The molecule has 12 nitrogen and oxygen atoms in total. The van der Waals surface area contributed by atoms with Crippen LogP contribution in [0.3, 0.4) is 0 Å². The zero-order valence-electron chi connectivity index (χ0n) is 16.0. The molecule has 0 radical (unpaired) electrons. The van der Waals surface area contributed by atoms with Crippen LogP contribution >= 0.6 is 0 Å². The first-order chi connectivity index (χ1) is 12.7. The summed E-state index contributed by atoms with van der Waals surface area (Å²) >= 11 is 0. The largest absolute Gasteiger partial charge is 0.508 e. The molecule has 2 aliphatic rings. The lowest BCUT2D eigenvalue weighted by molar-refractivity contribution is -0.226. The first-order valence-electron chi connectivity index (χ1n) is 8.28. The second kappa shape index (κ2) is 8.38. The highest BCUT2D eigenvalue weighted by Gasteiger charge is 2.59. The van der Waals surface area contributed by atoms with Gasteiger partial charge in [0.1, 0.15) is 12.2 Å². The Morgan fingerprint density at radius 3 is 2.29 bits per heavy atom. The van der Waals surface area contributed by atoms with Crippen molar-refractivity contribution in [2.24, 2.45) is 0 Å². The maximum absolute atomic E-state index is 11.8. The lowest BCUT2D eigenvalue weighted by Gasteiger charge is -2.29. The molecular weight excluding hydrogens is 424 g/mol. The van der Waals surface area contributed by atoms with Crippen molar-refractivity contribution in [2.75, 3.05) is 25.7 Å². The van der Waals surface area contributed by atoms with Crippen molar-refractivity contribution in [1.29, 1.82) is 0 Å². The molecule has 0 saturated carbocycles. The van der Waals surface area contributed by atoms with E-state index in [4.69, 9.17) is 27.9 Å². The molecule has 0 spiro atoms. The van der Waals surface area contributed by atoms with E-state index < -0.39 is 69.5 Å². The zero-order valence-corrected chi connectivity index (χ0v) is 17.6. The van der Waals surface area contributed by atoms with E-state index in [-0.39, 0.29) is 6.61 Å². The molecule has 2 heterocycles. The fourth-order valence-electron chi connectivity index (χ4n) is 2.79. The maximum atomic E-state index is 11.8. The van der Waals surface area contributed by atoms with Gasteiger partial charge in [-0.05, 0) is 20.8 Å². The summed E-state index contributed by atoms with van der Waals surface area (Å²) in [5, 5.41) is 0. The van der Waals surface area contributed by atoms with Gasteiger partial charge in [0, 0.05) is 0 Å². The van der Waals surface area contributed by atoms with Crippen LogP contribution in [0.1, 0.15) is 20.8 Å². The summed E-state index contributed by atoms with van der Waals surface area (Å²) in [6, 6.07) is 0. The predicted molar refractivity (Wildman–Crippen MR) is 91.1 cm³/mol. The van der Waals surface area contributed by atoms with E-state index in [1.165, 1.54) is 0 Å². The number of carbonyl (C=O) groups is 1. The fraction of sp³-hybridized carbons (Fsp3) is 0.929. The monoisotopic (exact) mass is 448 g/mol. The topological polar surface area (TPSA) is 150 Å². The van der Waals surface area contributed by atoms with Gasteiger partial charge < -0.3 is 23.7 Å². The molecule has 14 heteroatoms. The van der Waals surface area contributed by atoms with E-state index >= 15 is 0 Å². The molecule has 2 fully saturated rings. The maximum Gasteiger partial charge on any atom is 0.508 e. The first-order valence-corrected chi connectivity index (χ1v) is 11.9. The van der Waals surface area contributed by atoms with Gasteiger partial charge in [-0.25, -0.2) is 4.79 Å². The Balaban J connectivity index is 2.28. The average Bonchev–Trinajstić information content (AvgIpc) is 2.95. The summed E-state index contributed by atoms with van der Waals surface area (Å²) in [6.45, 7) is 4.13. The van der Waals surface area contributed by atoms with Crippen molar-refractivity contribution in [3.8, 4) is 0 Å². The van der Waals surface area contributed by atoms with Gasteiger partial charge in [0.05, 0.1) is 25.7 Å². The van der Waals surface area contributed by atoms with Gasteiger partial charge in [-0.2, -0.15) is 16.8 Å². The molecule has 0 amide bonds. The Labute approximate surface area is 163 Å². The standard InChI is InChI=1S/C14H24O12S2/c1-6-20-13(15)23-10-9(22-12-11(10)24-14(2,3)25-12)8(26-28(5,18)19)7-21-27(4,16)17/h8-12H,6-7H2,1-5H3/t8-,9-,10+,11-,12-/m1/s1. The first kappa shape index (κ1) is 23.3. The molecule has 5 atom stereocenters. The van der Waals surface area contributed by atoms with Crippen LogP contribution in [0.15, 0.2) is 0 Å². The van der Waals surface area contributed by atoms with Crippen molar-refractivity contribution in [3.63, 3.8) is 0 Å². The van der Waals surface area contributed by atoms with Gasteiger partial charge in [-0.3, -0.25) is 8.37 Å². The van der Waals surface area contributed by atoms with E-state index in [0.717, 1.165) is 12.5 Å². The SMILES string of the molecule is CCOC(=O)O[C@@H]1[C@H]2OC(C)(C)O[C@H]2O[C@@H]1[C@@H](COS(C)(=O)=O)OS(C)(=O)=O. The second-order valence-electron chi connectivity index (χ2n) is 6.66. The number of hydrogen-bond donors (Lipinski definition) is 0. The highest BCUT2D eigenvalue weighted by atomic mass is 32.2. The number of fused-ring (bicyclic) bond motifs is 1. The van der Waals surface area contributed by atoms with Crippen LogP contribution in [0.25, 0.3) is 0 Å². The molecule has 0 unspecified atom stereocenters. The quantitative estimate of drug-likeness (QED) is 0.355. The van der Waals surface area contributed by atoms with Crippen LogP contribution in [0, 0.1) is 0 Å². The lowest BCUT2D eigenvalue weighted by Crippen LogP contribution is -2.47. The summed E-state index contributed by atoms with van der Waals surface area (Å²) in [5.41, 5.74) is 0. The molecule has 0 bridgehead atoms. The van der Waals surface area contributed by atoms with E-state index in [1.54, 1.807) is 20.8 Å². The number of hydrogen-bond acceptors (Lipinski definition) is 12. The van der Waals surface area contributed by atoms with Crippen molar-refractivity contribution < 1.29 is 53.7 Å². The van der Waals surface area contributed by atoms with Crippen LogP contribution in [0.2, 0.25) is 0 Å². The summed E-state index contributed by atoms with van der Waals surface area (Å²) < 4.78 is 82.3. The highest BCUT2D eigenvalue weighted by Crippen LogP contribution is 2.40. The second-order valence-corrected chi connectivity index (χ2v) is 9.91. The van der Waals surface area contributed by atoms with Gasteiger partial charge >= 0.3 is 6.16 Å². The predicted octanol–water partition coefficient (Wildman–Crippen LogP) is -0.274. The molecule has 28 heavy (non-hydrogen) atoms.